The van der Waals surface area contributed by atoms with Crippen molar-refractivity contribution >= 4 is 11.8 Å². The van der Waals surface area contributed by atoms with Crippen LogP contribution < -0.4 is 10.9 Å². The third kappa shape index (κ3) is 4.67. The largest absolute Gasteiger partial charge is 0.340 e. The number of hydrogen-bond acceptors (Lipinski definition) is 3. The van der Waals surface area contributed by atoms with Gasteiger partial charge in [0.2, 0.25) is 11.8 Å². The molecule has 6 heteroatoms. The highest BCUT2D eigenvalue weighted by Gasteiger charge is 2.08. The van der Waals surface area contributed by atoms with Crippen molar-refractivity contribution in [3.8, 4) is 0 Å². The number of hydrogen-bond donors (Lipinski definition) is 2. The smallest absolute Gasteiger partial charge is 0.240 e. The molecule has 0 fully saturated rings. The minimum absolute atomic E-state index is 0.147. The van der Waals surface area contributed by atoms with Gasteiger partial charge in [0.05, 0.1) is 12.0 Å². The van der Waals surface area contributed by atoms with Gasteiger partial charge in [-0.1, -0.05) is 13.8 Å². The molecule has 0 radical (unpaired) electrons. The van der Waals surface area contributed by atoms with Crippen molar-refractivity contribution in [2.45, 2.75) is 26.7 Å². The van der Waals surface area contributed by atoms with E-state index in [1.807, 2.05) is 17.8 Å². The molecule has 17 heavy (non-hydrogen) atoms. The lowest BCUT2D eigenvalue weighted by atomic mass is 10.2. The van der Waals surface area contributed by atoms with Crippen molar-refractivity contribution in [3.05, 3.63) is 18.2 Å². The van der Waals surface area contributed by atoms with Crippen molar-refractivity contribution in [2.75, 3.05) is 0 Å². The molecule has 1 heterocycles. The van der Waals surface area contributed by atoms with E-state index in [-0.39, 0.29) is 17.7 Å². The van der Waals surface area contributed by atoms with E-state index in [4.69, 9.17) is 0 Å². The monoisotopic (exact) mass is 238 g/mol. The summed E-state index contributed by atoms with van der Waals surface area (Å²) in [6.07, 6.45) is 4.41. The summed E-state index contributed by atoms with van der Waals surface area (Å²) in [7, 11) is 1.87. The number of aromatic nitrogens is 2. The second kappa shape index (κ2) is 6.03. The summed E-state index contributed by atoms with van der Waals surface area (Å²) in [6.45, 7) is 3.52. The molecule has 1 rings (SSSR count). The molecule has 2 amide bonds. The van der Waals surface area contributed by atoms with Crippen LogP contribution in [0.2, 0.25) is 0 Å². The lowest BCUT2D eigenvalue weighted by molar-refractivity contribution is -0.130. The van der Waals surface area contributed by atoms with Crippen LogP contribution in [0, 0.1) is 5.92 Å². The molecular formula is C11H18N4O2. The Kier molecular flexibility index (Phi) is 4.68. The Morgan fingerprint density at radius 1 is 1.41 bits per heavy atom. The van der Waals surface area contributed by atoms with Gasteiger partial charge in [-0.3, -0.25) is 20.4 Å². The zero-order valence-corrected chi connectivity index (χ0v) is 10.4. The van der Waals surface area contributed by atoms with Crippen LogP contribution in [0.4, 0.5) is 0 Å². The molecule has 0 aliphatic heterocycles. The first kappa shape index (κ1) is 13.2. The molecule has 2 N–H and O–H groups in total. The molecule has 0 spiro atoms. The summed E-state index contributed by atoms with van der Waals surface area (Å²) in [5.74, 6) is -0.563. The molecule has 94 valence electrons. The van der Waals surface area contributed by atoms with Gasteiger partial charge >= 0.3 is 0 Å². The van der Waals surface area contributed by atoms with Crippen molar-refractivity contribution in [3.63, 3.8) is 0 Å². The molecule has 0 saturated heterocycles. The fraction of sp³-hybridized carbons (Fsp3) is 0.545. The zero-order valence-electron chi connectivity index (χ0n) is 10.4. The van der Waals surface area contributed by atoms with E-state index in [2.05, 4.69) is 15.8 Å². The van der Waals surface area contributed by atoms with Gasteiger partial charge in [0.1, 0.15) is 0 Å². The first-order chi connectivity index (χ1) is 7.99. The first-order valence-corrected chi connectivity index (χ1v) is 5.54. The molecule has 0 aromatic carbocycles. The van der Waals surface area contributed by atoms with Gasteiger partial charge in [-0.15, -0.1) is 0 Å². The third-order valence-electron chi connectivity index (χ3n) is 2.22. The average molecular weight is 238 g/mol. The van der Waals surface area contributed by atoms with Crippen LogP contribution in [0.1, 0.15) is 26.0 Å². The van der Waals surface area contributed by atoms with Gasteiger partial charge in [-0.25, -0.2) is 4.98 Å². The Bertz CT molecular complexity index is 398. The molecule has 1 aromatic rings. The highest BCUT2D eigenvalue weighted by Crippen LogP contribution is 1.98. The summed E-state index contributed by atoms with van der Waals surface area (Å²) in [5, 5.41) is 0. The molecule has 1 aromatic heterocycles. The van der Waals surface area contributed by atoms with Gasteiger partial charge in [-0.05, 0) is 6.42 Å². The van der Waals surface area contributed by atoms with Gasteiger partial charge in [0.25, 0.3) is 0 Å². The maximum atomic E-state index is 11.4. The number of carbonyl (C=O) groups is 2. The van der Waals surface area contributed by atoms with Crippen LogP contribution in [0.5, 0.6) is 0 Å². The molecule has 0 unspecified atom stereocenters. The Balaban J connectivity index is 2.24. The van der Waals surface area contributed by atoms with E-state index in [9.17, 15) is 9.59 Å². The van der Waals surface area contributed by atoms with E-state index in [1.165, 1.54) is 0 Å². The summed E-state index contributed by atoms with van der Waals surface area (Å²) >= 11 is 0. The summed E-state index contributed by atoms with van der Waals surface area (Å²) < 4.78 is 1.83. The Morgan fingerprint density at radius 2 is 2.12 bits per heavy atom. The normalized spacial score (nSPS) is 10.4. The fourth-order valence-corrected chi connectivity index (χ4v) is 1.18. The molecule has 0 aliphatic carbocycles. The quantitative estimate of drug-likeness (QED) is 0.733. The Labute approximate surface area is 100 Å². The van der Waals surface area contributed by atoms with Crippen molar-refractivity contribution in [1.29, 1.82) is 0 Å². The van der Waals surface area contributed by atoms with Gasteiger partial charge in [0, 0.05) is 25.6 Å². The number of imidazole rings is 1. The van der Waals surface area contributed by atoms with E-state index < -0.39 is 0 Å². The van der Waals surface area contributed by atoms with Crippen LogP contribution in [0.15, 0.2) is 12.5 Å². The third-order valence-corrected chi connectivity index (χ3v) is 2.22. The highest BCUT2D eigenvalue weighted by atomic mass is 16.2. The van der Waals surface area contributed by atoms with Crippen molar-refractivity contribution < 1.29 is 9.59 Å². The highest BCUT2D eigenvalue weighted by molar-refractivity contribution is 5.82. The summed E-state index contributed by atoms with van der Waals surface area (Å²) in [4.78, 5) is 26.7. The summed E-state index contributed by atoms with van der Waals surface area (Å²) in [6, 6.07) is 0. The Hall–Kier alpha value is -1.85. The number of aryl methyl sites for hydroxylation is 2. The van der Waals surface area contributed by atoms with E-state index in [0.29, 0.717) is 12.8 Å². The molecule has 0 aliphatic rings. The van der Waals surface area contributed by atoms with Crippen LogP contribution in [-0.4, -0.2) is 21.4 Å². The second-order valence-corrected chi connectivity index (χ2v) is 4.22. The van der Waals surface area contributed by atoms with E-state index in [0.717, 1.165) is 5.69 Å². The lowest BCUT2D eigenvalue weighted by Gasteiger charge is -2.08. The minimum Gasteiger partial charge on any atom is -0.340 e. The summed E-state index contributed by atoms with van der Waals surface area (Å²) in [5.41, 5.74) is 5.59. The average Bonchev–Trinajstić information content (AvgIpc) is 2.69. The van der Waals surface area contributed by atoms with Crippen LogP contribution in [-0.2, 0) is 23.1 Å². The zero-order chi connectivity index (χ0) is 12.8. The van der Waals surface area contributed by atoms with Gasteiger partial charge in [-0.2, -0.15) is 0 Å². The number of rotatable bonds is 4. The number of hydrazine groups is 1. The molecular weight excluding hydrogens is 220 g/mol. The van der Waals surface area contributed by atoms with E-state index >= 15 is 0 Å². The predicted octanol–water partition coefficient (Wildman–Crippen LogP) is 0.156. The van der Waals surface area contributed by atoms with Crippen molar-refractivity contribution in [1.82, 2.24) is 20.4 Å². The SMILES string of the molecule is CC(C)C(=O)NNC(=O)CCc1cn(C)cn1. The predicted molar refractivity (Wildman–Crippen MR) is 62.7 cm³/mol. The Morgan fingerprint density at radius 3 is 2.65 bits per heavy atom. The van der Waals surface area contributed by atoms with Gasteiger partial charge in [0.15, 0.2) is 0 Å². The second-order valence-electron chi connectivity index (χ2n) is 4.22. The maximum Gasteiger partial charge on any atom is 0.240 e. The maximum absolute atomic E-state index is 11.4. The first-order valence-electron chi connectivity index (χ1n) is 5.54. The standard InChI is InChI=1S/C11H18N4O2/c1-8(2)11(17)14-13-10(16)5-4-9-6-15(3)7-12-9/h6-8H,4-5H2,1-3H3,(H,13,16)(H,14,17). The van der Waals surface area contributed by atoms with Crippen molar-refractivity contribution in [2.24, 2.45) is 13.0 Å². The lowest BCUT2D eigenvalue weighted by Crippen LogP contribution is -2.43. The number of amides is 2. The fourth-order valence-electron chi connectivity index (χ4n) is 1.18. The molecule has 6 nitrogen and oxygen atoms in total. The topological polar surface area (TPSA) is 76.0 Å². The molecule has 0 saturated carbocycles. The minimum atomic E-state index is -0.218. The number of carbonyl (C=O) groups excluding carboxylic acids is 2. The van der Waals surface area contributed by atoms with E-state index in [1.54, 1.807) is 20.2 Å². The number of nitrogens with one attached hydrogen (secondary N) is 2. The number of nitrogens with zero attached hydrogens (tertiary/aromatic N) is 2. The van der Waals surface area contributed by atoms with Crippen LogP contribution in [0.3, 0.4) is 0 Å². The molecule has 0 atom stereocenters. The van der Waals surface area contributed by atoms with Crippen LogP contribution in [0.25, 0.3) is 0 Å². The van der Waals surface area contributed by atoms with Crippen LogP contribution >= 0.6 is 0 Å². The molecule has 0 bridgehead atoms. The van der Waals surface area contributed by atoms with Gasteiger partial charge < -0.3 is 4.57 Å².